The maximum absolute atomic E-state index is 11.7. The summed E-state index contributed by atoms with van der Waals surface area (Å²) < 4.78 is 10.6. The van der Waals surface area contributed by atoms with E-state index in [1.54, 1.807) is 0 Å². The second-order valence-electron chi connectivity index (χ2n) is 4.69. The predicted molar refractivity (Wildman–Crippen MR) is 89.5 cm³/mol. The van der Waals surface area contributed by atoms with Crippen molar-refractivity contribution in [1.82, 2.24) is 0 Å². The number of nitro benzene ring substituents is 1. The van der Waals surface area contributed by atoms with Gasteiger partial charge in [-0.15, -0.1) is 0 Å². The molecule has 126 valence electrons. The molecule has 0 spiro atoms. The summed E-state index contributed by atoms with van der Waals surface area (Å²) in [6, 6.07) is 13.3. The number of halogens is 1. The van der Waals surface area contributed by atoms with E-state index in [0.717, 1.165) is 5.75 Å². The van der Waals surface area contributed by atoms with Gasteiger partial charge in [0.25, 0.3) is 5.69 Å². The van der Waals surface area contributed by atoms with Crippen LogP contribution in [0.1, 0.15) is 0 Å². The van der Waals surface area contributed by atoms with Gasteiger partial charge >= 0.3 is 0 Å². The Balaban J connectivity index is 1.72. The Hall–Kier alpha value is -2.64. The standard InChI is InChI=1S/C16H15ClN2O5/c17-14-7-6-12(10-15(14)19(21)22)18-16(20)11-23-8-9-24-13-4-2-1-3-5-13/h1-7,10H,8-9,11H2,(H,18,20). The number of benzene rings is 2. The number of hydrogen-bond acceptors (Lipinski definition) is 5. The number of para-hydroxylation sites is 1. The highest BCUT2D eigenvalue weighted by Gasteiger charge is 2.13. The van der Waals surface area contributed by atoms with Gasteiger partial charge < -0.3 is 14.8 Å². The molecule has 0 saturated heterocycles. The van der Waals surface area contributed by atoms with Crippen molar-refractivity contribution in [2.75, 3.05) is 25.1 Å². The number of nitro groups is 1. The molecule has 1 amide bonds. The van der Waals surface area contributed by atoms with Gasteiger partial charge in [-0.2, -0.15) is 0 Å². The van der Waals surface area contributed by atoms with Gasteiger partial charge in [0, 0.05) is 11.8 Å². The van der Waals surface area contributed by atoms with Crippen LogP contribution in [0.3, 0.4) is 0 Å². The molecule has 2 aromatic carbocycles. The van der Waals surface area contributed by atoms with Crippen LogP contribution in [0.15, 0.2) is 48.5 Å². The highest BCUT2D eigenvalue weighted by Crippen LogP contribution is 2.27. The molecule has 2 aromatic rings. The third kappa shape index (κ3) is 5.53. The molecule has 0 unspecified atom stereocenters. The lowest BCUT2D eigenvalue weighted by atomic mass is 10.3. The maximum Gasteiger partial charge on any atom is 0.289 e. The van der Waals surface area contributed by atoms with E-state index in [4.69, 9.17) is 21.1 Å². The van der Waals surface area contributed by atoms with Crippen molar-refractivity contribution in [2.45, 2.75) is 0 Å². The van der Waals surface area contributed by atoms with Gasteiger partial charge in [-0.3, -0.25) is 14.9 Å². The molecule has 0 bridgehead atoms. The number of carbonyl (C=O) groups excluding carboxylic acids is 1. The molecule has 0 heterocycles. The van der Waals surface area contributed by atoms with E-state index in [2.05, 4.69) is 5.32 Å². The Morgan fingerprint density at radius 3 is 2.62 bits per heavy atom. The minimum absolute atomic E-state index is 0.00677. The zero-order chi connectivity index (χ0) is 17.4. The maximum atomic E-state index is 11.7. The molecule has 1 N–H and O–H groups in total. The van der Waals surface area contributed by atoms with Crippen LogP contribution in [0.2, 0.25) is 5.02 Å². The Morgan fingerprint density at radius 1 is 1.17 bits per heavy atom. The van der Waals surface area contributed by atoms with Crippen LogP contribution in [-0.4, -0.2) is 30.7 Å². The van der Waals surface area contributed by atoms with E-state index >= 15 is 0 Å². The number of nitrogens with zero attached hydrogens (tertiary/aromatic N) is 1. The van der Waals surface area contributed by atoms with E-state index in [-0.39, 0.29) is 29.6 Å². The molecule has 0 aliphatic heterocycles. The molecule has 0 aliphatic rings. The summed E-state index contributed by atoms with van der Waals surface area (Å²) in [7, 11) is 0. The quantitative estimate of drug-likeness (QED) is 0.448. The predicted octanol–water partition coefficient (Wildman–Crippen LogP) is 3.28. The van der Waals surface area contributed by atoms with Crippen molar-refractivity contribution < 1.29 is 19.2 Å². The van der Waals surface area contributed by atoms with Crippen LogP contribution >= 0.6 is 11.6 Å². The largest absolute Gasteiger partial charge is 0.491 e. The molecular weight excluding hydrogens is 336 g/mol. The normalized spacial score (nSPS) is 10.2. The van der Waals surface area contributed by atoms with Crippen molar-refractivity contribution in [3.8, 4) is 5.75 Å². The number of amides is 1. The fourth-order valence-electron chi connectivity index (χ4n) is 1.83. The third-order valence-corrected chi connectivity index (χ3v) is 3.22. The molecule has 0 saturated carbocycles. The van der Waals surface area contributed by atoms with E-state index in [1.165, 1.54) is 18.2 Å². The number of rotatable bonds is 8. The van der Waals surface area contributed by atoms with E-state index in [1.807, 2.05) is 30.3 Å². The first kappa shape index (κ1) is 17.7. The Morgan fingerprint density at radius 2 is 1.92 bits per heavy atom. The van der Waals surface area contributed by atoms with Gasteiger partial charge in [-0.1, -0.05) is 29.8 Å². The van der Waals surface area contributed by atoms with E-state index in [9.17, 15) is 14.9 Å². The molecule has 0 atom stereocenters. The molecule has 0 fully saturated rings. The smallest absolute Gasteiger partial charge is 0.289 e. The first-order valence-corrected chi connectivity index (χ1v) is 7.43. The molecule has 8 heteroatoms. The Labute approximate surface area is 143 Å². The highest BCUT2D eigenvalue weighted by molar-refractivity contribution is 6.32. The minimum atomic E-state index is -0.616. The molecule has 0 aromatic heterocycles. The van der Waals surface area contributed by atoms with Crippen LogP contribution in [0.25, 0.3) is 0 Å². The second-order valence-corrected chi connectivity index (χ2v) is 5.09. The van der Waals surface area contributed by atoms with Crippen molar-refractivity contribution >= 4 is 28.9 Å². The minimum Gasteiger partial charge on any atom is -0.491 e. The summed E-state index contributed by atoms with van der Waals surface area (Å²) in [6.45, 7) is 0.362. The van der Waals surface area contributed by atoms with Gasteiger partial charge in [0.05, 0.1) is 11.5 Å². The van der Waals surface area contributed by atoms with E-state index in [0.29, 0.717) is 6.61 Å². The molecule has 0 radical (unpaired) electrons. The summed E-state index contributed by atoms with van der Waals surface area (Å²) in [5, 5.41) is 13.3. The van der Waals surface area contributed by atoms with Crippen LogP contribution in [0.4, 0.5) is 11.4 Å². The lowest BCUT2D eigenvalue weighted by Gasteiger charge is -2.08. The van der Waals surface area contributed by atoms with Crippen molar-refractivity contribution in [2.24, 2.45) is 0 Å². The molecule has 2 rings (SSSR count). The SMILES string of the molecule is O=C(COCCOc1ccccc1)Nc1ccc(Cl)c([N+](=O)[O-])c1. The van der Waals surface area contributed by atoms with Gasteiger partial charge in [-0.25, -0.2) is 0 Å². The van der Waals surface area contributed by atoms with Gasteiger partial charge in [0.15, 0.2) is 0 Å². The summed E-state index contributed by atoms with van der Waals surface area (Å²) in [5.41, 5.74) is 0.00637. The first-order valence-electron chi connectivity index (χ1n) is 7.05. The Kier molecular flexibility index (Phi) is 6.53. The summed E-state index contributed by atoms with van der Waals surface area (Å²) in [5.74, 6) is 0.297. The molecular formula is C16H15ClN2O5. The monoisotopic (exact) mass is 350 g/mol. The lowest BCUT2D eigenvalue weighted by Crippen LogP contribution is -2.20. The van der Waals surface area contributed by atoms with Gasteiger partial charge in [0.1, 0.15) is 24.0 Å². The van der Waals surface area contributed by atoms with E-state index < -0.39 is 10.8 Å². The van der Waals surface area contributed by atoms with Crippen molar-refractivity contribution in [3.05, 3.63) is 63.7 Å². The number of ether oxygens (including phenoxy) is 2. The average Bonchev–Trinajstić information content (AvgIpc) is 2.57. The molecule has 0 aliphatic carbocycles. The second kappa shape index (κ2) is 8.85. The number of nitrogens with one attached hydrogen (secondary N) is 1. The summed E-state index contributed by atoms with van der Waals surface area (Å²) in [6.07, 6.45) is 0. The van der Waals surface area contributed by atoms with Crippen LogP contribution in [0, 0.1) is 10.1 Å². The summed E-state index contributed by atoms with van der Waals surface area (Å²) in [4.78, 5) is 21.9. The lowest BCUT2D eigenvalue weighted by molar-refractivity contribution is -0.384. The van der Waals surface area contributed by atoms with Crippen molar-refractivity contribution in [1.29, 1.82) is 0 Å². The number of hydrogen-bond donors (Lipinski definition) is 1. The topological polar surface area (TPSA) is 90.7 Å². The van der Waals surface area contributed by atoms with Crippen molar-refractivity contribution in [3.63, 3.8) is 0 Å². The zero-order valence-electron chi connectivity index (χ0n) is 12.6. The molecule has 7 nitrogen and oxygen atoms in total. The molecule has 24 heavy (non-hydrogen) atoms. The van der Waals surface area contributed by atoms with Crippen LogP contribution in [-0.2, 0) is 9.53 Å². The number of carbonyl (C=O) groups is 1. The average molecular weight is 351 g/mol. The fourth-order valence-corrected chi connectivity index (χ4v) is 2.01. The first-order chi connectivity index (χ1) is 11.6. The zero-order valence-corrected chi connectivity index (χ0v) is 13.4. The van der Waals surface area contributed by atoms with Gasteiger partial charge in [-0.05, 0) is 24.3 Å². The fraction of sp³-hybridized carbons (Fsp3) is 0.188. The highest BCUT2D eigenvalue weighted by atomic mass is 35.5. The Bertz CT molecular complexity index is 709. The summed E-state index contributed by atoms with van der Waals surface area (Å²) >= 11 is 5.70. The number of anilines is 1. The van der Waals surface area contributed by atoms with Gasteiger partial charge in [0.2, 0.25) is 5.91 Å². The third-order valence-electron chi connectivity index (χ3n) is 2.90. The van der Waals surface area contributed by atoms with Crippen LogP contribution in [0.5, 0.6) is 5.75 Å². The van der Waals surface area contributed by atoms with Crippen LogP contribution < -0.4 is 10.1 Å².